The standard InChI is InChI=1S/C12H10N2O.Co.H2O/c15-12-7-4-8-13-11(12)9-14-10-5-2-1-3-6-10;;/h1-9,15H;;1H2/p-1. The van der Waals surface area contributed by atoms with Gasteiger partial charge in [0.05, 0.1) is 17.6 Å². The molecule has 0 aliphatic heterocycles. The Kier molecular flexibility index (Phi) is 6.81. The third kappa shape index (κ3) is 4.35. The first kappa shape index (κ1) is 15.3. The van der Waals surface area contributed by atoms with Crippen molar-refractivity contribution in [3.05, 3.63) is 54.4 Å². The first-order chi connectivity index (χ1) is 7.36. The Morgan fingerprint density at radius 1 is 1.06 bits per heavy atom. The van der Waals surface area contributed by atoms with E-state index in [1.54, 1.807) is 12.3 Å². The van der Waals surface area contributed by atoms with Gasteiger partial charge in [0.1, 0.15) is 0 Å². The molecule has 17 heavy (non-hydrogen) atoms. The second kappa shape index (κ2) is 7.56. The van der Waals surface area contributed by atoms with Crippen LogP contribution in [0.2, 0.25) is 0 Å². The van der Waals surface area contributed by atoms with Crippen LogP contribution in [-0.2, 0) is 16.8 Å². The third-order valence-corrected chi connectivity index (χ3v) is 1.89. The van der Waals surface area contributed by atoms with Gasteiger partial charge in [0, 0.05) is 23.0 Å². The van der Waals surface area contributed by atoms with Gasteiger partial charge in [-0.25, -0.2) is 0 Å². The van der Waals surface area contributed by atoms with Crippen LogP contribution in [-0.4, -0.2) is 16.7 Å². The van der Waals surface area contributed by atoms with Crippen molar-refractivity contribution in [2.24, 2.45) is 4.99 Å². The molecule has 0 fully saturated rings. The molecule has 0 amide bonds. The molecule has 1 radical (unpaired) electrons. The zero-order valence-electron chi connectivity index (χ0n) is 8.83. The molecule has 0 saturated carbocycles. The molecule has 4 nitrogen and oxygen atoms in total. The summed E-state index contributed by atoms with van der Waals surface area (Å²) in [4.78, 5) is 8.08. The Morgan fingerprint density at radius 3 is 2.41 bits per heavy atom. The van der Waals surface area contributed by atoms with Crippen molar-refractivity contribution in [3.63, 3.8) is 0 Å². The fourth-order valence-corrected chi connectivity index (χ4v) is 1.15. The second-order valence-corrected chi connectivity index (χ2v) is 2.98. The maximum Gasteiger partial charge on any atom is 0.0734 e. The maximum absolute atomic E-state index is 11.3. The number of hydrogen-bond acceptors (Lipinski definition) is 3. The molecule has 0 atom stereocenters. The molecule has 0 saturated heterocycles. The van der Waals surface area contributed by atoms with E-state index in [9.17, 15) is 5.11 Å². The van der Waals surface area contributed by atoms with E-state index < -0.39 is 0 Å². The summed E-state index contributed by atoms with van der Waals surface area (Å²) in [5.41, 5.74) is 1.17. The summed E-state index contributed by atoms with van der Waals surface area (Å²) in [7, 11) is 0. The smallest absolute Gasteiger partial charge is 0.0734 e. The van der Waals surface area contributed by atoms with Gasteiger partial charge in [-0.3, -0.25) is 9.98 Å². The average Bonchev–Trinajstić information content (AvgIpc) is 2.29. The van der Waals surface area contributed by atoms with Gasteiger partial charge in [-0.05, 0) is 18.2 Å². The summed E-state index contributed by atoms with van der Waals surface area (Å²) in [6.45, 7) is 0. The number of pyridine rings is 1. The van der Waals surface area contributed by atoms with E-state index >= 15 is 0 Å². The van der Waals surface area contributed by atoms with E-state index in [0.29, 0.717) is 5.69 Å². The van der Waals surface area contributed by atoms with Crippen LogP contribution in [0.3, 0.4) is 0 Å². The molecular formula is C12H11CoN2O2-. The molecular weight excluding hydrogens is 263 g/mol. The fourth-order valence-electron chi connectivity index (χ4n) is 1.15. The molecule has 0 spiro atoms. The van der Waals surface area contributed by atoms with Crippen LogP contribution >= 0.6 is 0 Å². The molecule has 0 unspecified atom stereocenters. The molecule has 2 rings (SSSR count). The minimum absolute atomic E-state index is 0. The Morgan fingerprint density at radius 2 is 1.76 bits per heavy atom. The van der Waals surface area contributed by atoms with Gasteiger partial charge < -0.3 is 10.6 Å². The molecule has 0 aliphatic carbocycles. The van der Waals surface area contributed by atoms with Gasteiger partial charge in [-0.1, -0.05) is 30.0 Å². The quantitative estimate of drug-likeness (QED) is 0.768. The SMILES string of the molecule is O.[Co].[O-]c1cccnc1C=Nc1ccccc1. The first-order valence-corrected chi connectivity index (χ1v) is 4.57. The molecule has 1 heterocycles. The number of aliphatic imine (C=N–C) groups is 1. The van der Waals surface area contributed by atoms with Crippen molar-refractivity contribution in [1.29, 1.82) is 0 Å². The van der Waals surface area contributed by atoms with Crippen LogP contribution in [0.1, 0.15) is 5.69 Å². The van der Waals surface area contributed by atoms with Gasteiger partial charge in [0.15, 0.2) is 0 Å². The van der Waals surface area contributed by atoms with E-state index in [-0.39, 0.29) is 28.0 Å². The summed E-state index contributed by atoms with van der Waals surface area (Å²) in [5.74, 6) is -0.114. The van der Waals surface area contributed by atoms with Crippen LogP contribution in [0, 0.1) is 0 Å². The Hall–Kier alpha value is -1.69. The third-order valence-electron chi connectivity index (χ3n) is 1.89. The van der Waals surface area contributed by atoms with Gasteiger partial charge in [-0.15, -0.1) is 0 Å². The van der Waals surface area contributed by atoms with Gasteiger partial charge >= 0.3 is 0 Å². The summed E-state index contributed by atoms with van der Waals surface area (Å²) in [6.07, 6.45) is 3.06. The minimum Gasteiger partial charge on any atom is -0.871 e. The van der Waals surface area contributed by atoms with Crippen molar-refractivity contribution in [1.82, 2.24) is 4.98 Å². The Labute approximate surface area is 110 Å². The molecule has 2 aromatic rings. The van der Waals surface area contributed by atoms with E-state index in [0.717, 1.165) is 5.69 Å². The summed E-state index contributed by atoms with van der Waals surface area (Å²) < 4.78 is 0. The Bertz CT molecular complexity index is 475. The molecule has 91 valence electrons. The summed E-state index contributed by atoms with van der Waals surface area (Å²) in [6, 6.07) is 12.5. The number of hydrogen-bond donors (Lipinski definition) is 0. The second-order valence-electron chi connectivity index (χ2n) is 2.98. The molecule has 5 heteroatoms. The average molecular weight is 274 g/mol. The van der Waals surface area contributed by atoms with Crippen LogP contribution in [0.25, 0.3) is 0 Å². The van der Waals surface area contributed by atoms with Crippen LogP contribution < -0.4 is 5.11 Å². The normalized spacial score (nSPS) is 9.41. The maximum atomic E-state index is 11.3. The fraction of sp³-hybridized carbons (Fsp3) is 0. The Balaban J connectivity index is 0.00000128. The number of benzene rings is 1. The van der Waals surface area contributed by atoms with Crippen molar-refractivity contribution in [2.75, 3.05) is 0 Å². The van der Waals surface area contributed by atoms with Crippen LogP contribution in [0.5, 0.6) is 5.75 Å². The zero-order valence-corrected chi connectivity index (χ0v) is 9.87. The van der Waals surface area contributed by atoms with Crippen molar-refractivity contribution < 1.29 is 27.4 Å². The molecule has 0 aliphatic rings. The minimum atomic E-state index is -0.114. The molecule has 1 aromatic carbocycles. The monoisotopic (exact) mass is 274 g/mol. The zero-order chi connectivity index (χ0) is 10.5. The van der Waals surface area contributed by atoms with Gasteiger partial charge in [-0.2, -0.15) is 0 Å². The van der Waals surface area contributed by atoms with E-state index in [2.05, 4.69) is 9.98 Å². The number of nitrogens with zero attached hydrogens (tertiary/aromatic N) is 2. The summed E-state index contributed by atoms with van der Waals surface area (Å²) in [5, 5.41) is 11.3. The largest absolute Gasteiger partial charge is 0.871 e. The number of aromatic nitrogens is 1. The number of para-hydroxylation sites is 1. The van der Waals surface area contributed by atoms with E-state index in [4.69, 9.17) is 0 Å². The predicted octanol–water partition coefficient (Wildman–Crippen LogP) is 1.08. The topological polar surface area (TPSA) is 79.8 Å². The van der Waals surface area contributed by atoms with Crippen molar-refractivity contribution >= 4 is 11.9 Å². The first-order valence-electron chi connectivity index (χ1n) is 4.57. The van der Waals surface area contributed by atoms with Crippen LogP contribution in [0.4, 0.5) is 5.69 Å². The number of rotatable bonds is 2. The van der Waals surface area contributed by atoms with E-state index in [1.807, 2.05) is 30.3 Å². The van der Waals surface area contributed by atoms with E-state index in [1.165, 1.54) is 12.3 Å². The summed E-state index contributed by atoms with van der Waals surface area (Å²) >= 11 is 0. The van der Waals surface area contributed by atoms with Gasteiger partial charge in [0.25, 0.3) is 0 Å². The van der Waals surface area contributed by atoms with Crippen molar-refractivity contribution in [2.45, 2.75) is 0 Å². The molecule has 1 aromatic heterocycles. The predicted molar refractivity (Wildman–Crippen MR) is 61.0 cm³/mol. The molecule has 0 bridgehead atoms. The van der Waals surface area contributed by atoms with Crippen molar-refractivity contribution in [3.8, 4) is 5.75 Å². The van der Waals surface area contributed by atoms with Gasteiger partial charge in [0.2, 0.25) is 0 Å². The van der Waals surface area contributed by atoms with Crippen LogP contribution in [0.15, 0.2) is 53.7 Å². The molecule has 2 N–H and O–H groups in total.